The maximum Gasteiger partial charge on any atom is 0.283 e. The zero-order valence-corrected chi connectivity index (χ0v) is 14.1. The van der Waals surface area contributed by atoms with Crippen LogP contribution in [0.1, 0.15) is 26.2 Å². The zero-order chi connectivity index (χ0) is 15.2. The Labute approximate surface area is 134 Å². The van der Waals surface area contributed by atoms with Crippen LogP contribution in [0, 0.1) is 0 Å². The van der Waals surface area contributed by atoms with Crippen molar-refractivity contribution in [1.29, 1.82) is 0 Å². The molecule has 0 saturated carbocycles. The number of hydrogen-bond donors (Lipinski definition) is 1. The molecule has 1 N–H and O–H groups in total. The van der Waals surface area contributed by atoms with Crippen LogP contribution in [0.25, 0.3) is 0 Å². The van der Waals surface area contributed by atoms with Gasteiger partial charge in [-0.15, -0.1) is 6.58 Å². The highest BCUT2D eigenvalue weighted by Gasteiger charge is 2.15. The first-order valence-corrected chi connectivity index (χ1v) is 8.26. The summed E-state index contributed by atoms with van der Waals surface area (Å²) in [6.45, 7) is 9.51. The van der Waals surface area contributed by atoms with Crippen molar-refractivity contribution in [2.75, 3.05) is 25.0 Å². The van der Waals surface area contributed by atoms with Crippen LogP contribution < -0.4 is 10.9 Å². The molecule has 0 aromatic carbocycles. The molecular formula is C15H23BrN4O. The number of halogens is 1. The highest BCUT2D eigenvalue weighted by molar-refractivity contribution is 9.10. The molecule has 2 rings (SSSR count). The van der Waals surface area contributed by atoms with E-state index in [9.17, 15) is 4.79 Å². The van der Waals surface area contributed by atoms with E-state index in [2.05, 4.69) is 44.7 Å². The second-order valence-electron chi connectivity index (χ2n) is 5.55. The first-order chi connectivity index (χ1) is 10.1. The summed E-state index contributed by atoms with van der Waals surface area (Å²) >= 11 is 3.37. The summed E-state index contributed by atoms with van der Waals surface area (Å²) in [5.74, 6) is 0. The molecule has 1 aromatic heterocycles. The number of anilines is 1. The number of rotatable bonds is 6. The Morgan fingerprint density at radius 3 is 2.86 bits per heavy atom. The smallest absolute Gasteiger partial charge is 0.283 e. The van der Waals surface area contributed by atoms with E-state index in [4.69, 9.17) is 0 Å². The number of allylic oxidation sites excluding steroid dienone is 1. The van der Waals surface area contributed by atoms with Crippen LogP contribution in [0.2, 0.25) is 0 Å². The van der Waals surface area contributed by atoms with Gasteiger partial charge in [0, 0.05) is 12.6 Å². The van der Waals surface area contributed by atoms with Gasteiger partial charge >= 0.3 is 0 Å². The topological polar surface area (TPSA) is 50.2 Å². The van der Waals surface area contributed by atoms with E-state index in [0.717, 1.165) is 12.2 Å². The zero-order valence-electron chi connectivity index (χ0n) is 12.5. The standard InChI is InChI=1S/C15H23BrN4O/c1-3-7-20-15(21)14(16)13(10-17-20)18-12(2)11-19-8-5-4-6-9-19/h3,10,12,18H,1,4-9,11H2,2H3. The van der Waals surface area contributed by atoms with Gasteiger partial charge in [0.2, 0.25) is 0 Å². The van der Waals surface area contributed by atoms with E-state index >= 15 is 0 Å². The molecule has 116 valence electrons. The minimum atomic E-state index is -0.134. The molecule has 1 aliphatic heterocycles. The van der Waals surface area contributed by atoms with Crippen LogP contribution in [-0.2, 0) is 6.54 Å². The number of nitrogens with zero attached hydrogens (tertiary/aromatic N) is 3. The third-order valence-electron chi connectivity index (χ3n) is 3.67. The van der Waals surface area contributed by atoms with Crippen molar-refractivity contribution < 1.29 is 0 Å². The highest BCUT2D eigenvalue weighted by atomic mass is 79.9. The minimum Gasteiger partial charge on any atom is -0.379 e. The quantitative estimate of drug-likeness (QED) is 0.797. The number of aromatic nitrogens is 2. The maximum absolute atomic E-state index is 12.1. The van der Waals surface area contributed by atoms with E-state index in [0.29, 0.717) is 11.0 Å². The average Bonchev–Trinajstić information content (AvgIpc) is 2.48. The maximum atomic E-state index is 12.1. The molecule has 5 nitrogen and oxygen atoms in total. The van der Waals surface area contributed by atoms with Gasteiger partial charge in [0.25, 0.3) is 5.56 Å². The van der Waals surface area contributed by atoms with Gasteiger partial charge in [0.15, 0.2) is 0 Å². The molecule has 1 aromatic rings. The van der Waals surface area contributed by atoms with E-state index < -0.39 is 0 Å². The molecule has 0 bridgehead atoms. The normalized spacial score (nSPS) is 17.4. The number of nitrogens with one attached hydrogen (secondary N) is 1. The van der Waals surface area contributed by atoms with Crippen molar-refractivity contribution in [2.45, 2.75) is 38.8 Å². The lowest BCUT2D eigenvalue weighted by Gasteiger charge is -2.29. The van der Waals surface area contributed by atoms with Crippen molar-refractivity contribution in [3.05, 3.63) is 33.7 Å². The van der Waals surface area contributed by atoms with E-state index in [1.807, 2.05) is 0 Å². The van der Waals surface area contributed by atoms with E-state index in [1.54, 1.807) is 12.3 Å². The fourth-order valence-electron chi connectivity index (χ4n) is 2.66. The third kappa shape index (κ3) is 4.41. The van der Waals surface area contributed by atoms with E-state index in [1.165, 1.54) is 37.0 Å². The Kier molecular flexibility index (Phi) is 5.99. The van der Waals surface area contributed by atoms with Crippen LogP contribution >= 0.6 is 15.9 Å². The fourth-order valence-corrected chi connectivity index (χ4v) is 3.08. The largest absolute Gasteiger partial charge is 0.379 e. The molecule has 1 fully saturated rings. The van der Waals surface area contributed by atoms with Crippen LogP contribution in [0.3, 0.4) is 0 Å². The van der Waals surface area contributed by atoms with Gasteiger partial charge in [-0.25, -0.2) is 4.68 Å². The van der Waals surface area contributed by atoms with Crippen molar-refractivity contribution in [1.82, 2.24) is 14.7 Å². The van der Waals surface area contributed by atoms with Gasteiger partial charge < -0.3 is 10.2 Å². The average molecular weight is 355 g/mol. The summed E-state index contributed by atoms with van der Waals surface area (Å²) < 4.78 is 1.92. The summed E-state index contributed by atoms with van der Waals surface area (Å²) in [5.41, 5.74) is 0.620. The molecule has 1 atom stereocenters. The molecule has 2 heterocycles. The first-order valence-electron chi connectivity index (χ1n) is 7.47. The molecule has 1 saturated heterocycles. The second-order valence-corrected chi connectivity index (χ2v) is 6.35. The van der Waals surface area contributed by atoms with Crippen molar-refractivity contribution in [3.8, 4) is 0 Å². The lowest BCUT2D eigenvalue weighted by molar-refractivity contribution is 0.223. The molecule has 0 aliphatic carbocycles. The monoisotopic (exact) mass is 354 g/mol. The van der Waals surface area contributed by atoms with Crippen molar-refractivity contribution in [3.63, 3.8) is 0 Å². The Morgan fingerprint density at radius 2 is 2.19 bits per heavy atom. The Hall–Kier alpha value is -1.14. The van der Waals surface area contributed by atoms with Gasteiger partial charge in [-0.05, 0) is 48.8 Å². The van der Waals surface area contributed by atoms with Crippen molar-refractivity contribution in [2.24, 2.45) is 0 Å². The second kappa shape index (κ2) is 7.75. The van der Waals surface area contributed by atoms with Crippen LogP contribution in [-0.4, -0.2) is 40.4 Å². The van der Waals surface area contributed by atoms with E-state index in [-0.39, 0.29) is 11.6 Å². The summed E-state index contributed by atoms with van der Waals surface area (Å²) in [4.78, 5) is 14.6. The summed E-state index contributed by atoms with van der Waals surface area (Å²) in [7, 11) is 0. The van der Waals surface area contributed by atoms with Gasteiger partial charge in [0.1, 0.15) is 4.47 Å². The highest BCUT2D eigenvalue weighted by Crippen LogP contribution is 2.18. The van der Waals surface area contributed by atoms with Crippen molar-refractivity contribution >= 4 is 21.6 Å². The lowest BCUT2D eigenvalue weighted by atomic mass is 10.1. The van der Waals surface area contributed by atoms with Crippen LogP contribution in [0.15, 0.2) is 28.1 Å². The third-order valence-corrected chi connectivity index (χ3v) is 4.44. The molecule has 1 aliphatic rings. The Balaban J connectivity index is 2.00. The SMILES string of the molecule is C=CCn1ncc(NC(C)CN2CCCCC2)c(Br)c1=O. The van der Waals surface area contributed by atoms with Gasteiger partial charge in [0.05, 0.1) is 18.4 Å². The van der Waals surface area contributed by atoms with Gasteiger partial charge in [-0.2, -0.15) is 5.10 Å². The molecule has 6 heteroatoms. The van der Waals surface area contributed by atoms with Crippen LogP contribution in [0.4, 0.5) is 5.69 Å². The van der Waals surface area contributed by atoms with Gasteiger partial charge in [-0.3, -0.25) is 4.79 Å². The predicted octanol–water partition coefficient (Wildman–Crippen LogP) is 2.48. The molecular weight excluding hydrogens is 332 g/mol. The first kappa shape index (κ1) is 16.2. The fraction of sp³-hybridized carbons (Fsp3) is 0.600. The summed E-state index contributed by atoms with van der Waals surface area (Å²) in [6, 6.07) is 0.274. The summed E-state index contributed by atoms with van der Waals surface area (Å²) in [5, 5.41) is 7.53. The Bertz CT molecular complexity index is 537. The predicted molar refractivity (Wildman–Crippen MR) is 89.8 cm³/mol. The Morgan fingerprint density at radius 1 is 1.48 bits per heavy atom. The number of piperidine rings is 1. The van der Waals surface area contributed by atoms with Gasteiger partial charge in [-0.1, -0.05) is 12.5 Å². The lowest BCUT2D eigenvalue weighted by Crippen LogP contribution is -2.38. The molecule has 21 heavy (non-hydrogen) atoms. The molecule has 0 spiro atoms. The molecule has 0 radical (unpaired) electrons. The number of hydrogen-bond acceptors (Lipinski definition) is 4. The van der Waals surface area contributed by atoms with Crippen LogP contribution in [0.5, 0.6) is 0 Å². The molecule has 0 amide bonds. The summed E-state index contributed by atoms with van der Waals surface area (Å²) in [6.07, 6.45) is 7.27. The minimum absolute atomic E-state index is 0.134. The molecule has 1 unspecified atom stereocenters. The number of likely N-dealkylation sites (tertiary alicyclic amines) is 1.